The molecule has 3 heterocycles. The van der Waals surface area contributed by atoms with Gasteiger partial charge in [0.2, 0.25) is 0 Å². The van der Waals surface area contributed by atoms with E-state index in [1.54, 1.807) is 22.3 Å². The number of thiophene rings is 1. The van der Waals surface area contributed by atoms with E-state index in [1.807, 2.05) is 29.2 Å². The largest absolute Gasteiger partial charge is 0.331 e. The highest BCUT2D eigenvalue weighted by Crippen LogP contribution is 2.36. The average Bonchev–Trinajstić information content (AvgIpc) is 3.31. The number of rotatable bonds is 3. The monoisotopic (exact) mass is 338 g/mol. The highest BCUT2D eigenvalue weighted by atomic mass is 32.1. The molecule has 2 aromatic heterocycles. The van der Waals surface area contributed by atoms with E-state index < -0.39 is 0 Å². The average molecular weight is 338 g/mol. The second-order valence-electron chi connectivity index (χ2n) is 5.86. The first kappa shape index (κ1) is 15.1. The minimum absolute atomic E-state index is 0.101. The fourth-order valence-electron chi connectivity index (χ4n) is 3.34. The molecule has 0 aliphatic carbocycles. The molecule has 0 spiro atoms. The summed E-state index contributed by atoms with van der Waals surface area (Å²) in [6, 6.07) is 9.90. The van der Waals surface area contributed by atoms with Crippen molar-refractivity contribution in [3.63, 3.8) is 0 Å². The molecule has 0 fully saturated rings. The summed E-state index contributed by atoms with van der Waals surface area (Å²) >= 11 is 1.80. The number of hydrogen-bond donors (Lipinski definition) is 0. The molecule has 5 nitrogen and oxygen atoms in total. The van der Waals surface area contributed by atoms with Crippen LogP contribution in [0.2, 0.25) is 0 Å². The van der Waals surface area contributed by atoms with Crippen molar-refractivity contribution in [3.8, 4) is 5.69 Å². The third kappa shape index (κ3) is 2.53. The molecular formula is C18H18N4OS. The van der Waals surface area contributed by atoms with Gasteiger partial charge in [-0.15, -0.1) is 11.3 Å². The molecule has 0 bridgehead atoms. The maximum absolute atomic E-state index is 13.0. The van der Waals surface area contributed by atoms with Crippen LogP contribution in [0.3, 0.4) is 0 Å². The number of carbonyl (C=O) groups is 1. The summed E-state index contributed by atoms with van der Waals surface area (Å²) in [5.74, 6) is 0.101. The standard InChI is InChI=1S/C18H18N4OS/c1-2-16-15-8-10-24-17(15)7-9-21(16)18(23)13-3-5-14(6-4-13)22-12-19-11-20-22/h3-6,8,10-12,16H,2,7,9H2,1H3. The van der Waals surface area contributed by atoms with E-state index in [2.05, 4.69) is 28.5 Å². The lowest BCUT2D eigenvalue weighted by molar-refractivity contribution is 0.0657. The van der Waals surface area contributed by atoms with Crippen LogP contribution >= 0.6 is 11.3 Å². The maximum Gasteiger partial charge on any atom is 0.254 e. The SMILES string of the molecule is CCC1c2ccsc2CCN1C(=O)c1ccc(-n2cncn2)cc1. The van der Waals surface area contributed by atoms with Gasteiger partial charge in [-0.3, -0.25) is 4.79 Å². The zero-order valence-electron chi connectivity index (χ0n) is 13.4. The third-order valence-corrected chi connectivity index (χ3v) is 5.54. The first-order chi connectivity index (χ1) is 11.8. The third-order valence-electron chi connectivity index (χ3n) is 4.54. The van der Waals surface area contributed by atoms with Gasteiger partial charge in [-0.25, -0.2) is 9.67 Å². The first-order valence-corrected chi connectivity index (χ1v) is 8.98. The van der Waals surface area contributed by atoms with Gasteiger partial charge >= 0.3 is 0 Å². The van der Waals surface area contributed by atoms with E-state index in [1.165, 1.54) is 16.8 Å². The van der Waals surface area contributed by atoms with Crippen LogP contribution in [-0.4, -0.2) is 32.1 Å². The fraction of sp³-hybridized carbons (Fsp3) is 0.278. The van der Waals surface area contributed by atoms with Crippen LogP contribution in [0.5, 0.6) is 0 Å². The Morgan fingerprint density at radius 1 is 1.29 bits per heavy atom. The lowest BCUT2D eigenvalue weighted by atomic mass is 9.97. The number of hydrogen-bond acceptors (Lipinski definition) is 4. The van der Waals surface area contributed by atoms with E-state index in [0.29, 0.717) is 0 Å². The minimum atomic E-state index is 0.101. The van der Waals surface area contributed by atoms with E-state index in [0.717, 1.165) is 30.6 Å². The highest BCUT2D eigenvalue weighted by Gasteiger charge is 2.30. The summed E-state index contributed by atoms with van der Waals surface area (Å²) in [5.41, 5.74) is 2.94. The zero-order chi connectivity index (χ0) is 16.5. The van der Waals surface area contributed by atoms with E-state index in [9.17, 15) is 4.79 Å². The lowest BCUT2D eigenvalue weighted by Gasteiger charge is -2.35. The fourth-order valence-corrected chi connectivity index (χ4v) is 4.27. The Balaban J connectivity index is 1.59. The Morgan fingerprint density at radius 3 is 2.83 bits per heavy atom. The molecule has 122 valence electrons. The van der Waals surface area contributed by atoms with Crippen molar-refractivity contribution < 1.29 is 4.79 Å². The smallest absolute Gasteiger partial charge is 0.254 e. The van der Waals surface area contributed by atoms with Crippen molar-refractivity contribution in [2.24, 2.45) is 0 Å². The molecule has 4 rings (SSSR count). The topological polar surface area (TPSA) is 51.0 Å². The number of nitrogens with zero attached hydrogens (tertiary/aromatic N) is 4. The van der Waals surface area contributed by atoms with Gasteiger partial charge in [-0.2, -0.15) is 5.10 Å². The number of aromatic nitrogens is 3. The summed E-state index contributed by atoms with van der Waals surface area (Å²) in [4.78, 5) is 20.4. The molecular weight excluding hydrogens is 320 g/mol. The molecule has 0 saturated heterocycles. The molecule has 1 aliphatic rings. The maximum atomic E-state index is 13.0. The summed E-state index contributed by atoms with van der Waals surface area (Å²) < 4.78 is 1.68. The van der Waals surface area contributed by atoms with Crippen LogP contribution in [0.15, 0.2) is 48.4 Å². The number of benzene rings is 1. The van der Waals surface area contributed by atoms with Gasteiger partial charge in [0.1, 0.15) is 12.7 Å². The Morgan fingerprint density at radius 2 is 2.12 bits per heavy atom. The zero-order valence-corrected chi connectivity index (χ0v) is 14.2. The Hall–Kier alpha value is -2.47. The normalized spacial score (nSPS) is 16.9. The van der Waals surface area contributed by atoms with Gasteiger partial charge in [0.05, 0.1) is 11.7 Å². The van der Waals surface area contributed by atoms with Crippen LogP contribution in [0, 0.1) is 0 Å². The number of carbonyl (C=O) groups excluding carboxylic acids is 1. The van der Waals surface area contributed by atoms with Crippen LogP contribution in [0.4, 0.5) is 0 Å². The first-order valence-electron chi connectivity index (χ1n) is 8.10. The molecule has 6 heteroatoms. The predicted molar refractivity (Wildman–Crippen MR) is 93.5 cm³/mol. The Bertz CT molecular complexity index is 838. The number of amides is 1. The van der Waals surface area contributed by atoms with Crippen LogP contribution in [-0.2, 0) is 6.42 Å². The van der Waals surface area contributed by atoms with Crippen molar-refractivity contribution in [2.45, 2.75) is 25.8 Å². The minimum Gasteiger partial charge on any atom is -0.331 e. The molecule has 1 unspecified atom stereocenters. The molecule has 1 atom stereocenters. The van der Waals surface area contributed by atoms with Gasteiger partial charge in [0.15, 0.2) is 0 Å². The summed E-state index contributed by atoms with van der Waals surface area (Å²) in [5, 5.41) is 6.24. The van der Waals surface area contributed by atoms with Gasteiger partial charge < -0.3 is 4.90 Å². The molecule has 3 aromatic rings. The predicted octanol–water partition coefficient (Wildman–Crippen LogP) is 3.48. The molecule has 1 aromatic carbocycles. The van der Waals surface area contributed by atoms with Gasteiger partial charge in [-0.05, 0) is 54.1 Å². The van der Waals surface area contributed by atoms with Crippen molar-refractivity contribution >= 4 is 17.2 Å². The van der Waals surface area contributed by atoms with E-state index in [-0.39, 0.29) is 11.9 Å². The van der Waals surface area contributed by atoms with Crippen molar-refractivity contribution in [1.29, 1.82) is 0 Å². The van der Waals surface area contributed by atoms with Crippen molar-refractivity contribution in [3.05, 3.63) is 64.4 Å². The van der Waals surface area contributed by atoms with Gasteiger partial charge in [0.25, 0.3) is 5.91 Å². The summed E-state index contributed by atoms with van der Waals surface area (Å²) in [6.45, 7) is 2.93. The van der Waals surface area contributed by atoms with Crippen molar-refractivity contribution in [1.82, 2.24) is 19.7 Å². The molecule has 1 aliphatic heterocycles. The quantitative estimate of drug-likeness (QED) is 0.735. The second kappa shape index (κ2) is 6.20. The van der Waals surface area contributed by atoms with Gasteiger partial charge in [0, 0.05) is 17.0 Å². The molecule has 0 radical (unpaired) electrons. The Kier molecular flexibility index (Phi) is 3.90. The van der Waals surface area contributed by atoms with Gasteiger partial charge in [-0.1, -0.05) is 6.92 Å². The molecule has 0 N–H and O–H groups in total. The lowest BCUT2D eigenvalue weighted by Crippen LogP contribution is -2.39. The molecule has 1 amide bonds. The molecule has 0 saturated carbocycles. The summed E-state index contributed by atoms with van der Waals surface area (Å²) in [7, 11) is 0. The van der Waals surface area contributed by atoms with Crippen LogP contribution in [0.25, 0.3) is 5.69 Å². The second-order valence-corrected chi connectivity index (χ2v) is 6.86. The van der Waals surface area contributed by atoms with E-state index in [4.69, 9.17) is 0 Å². The highest BCUT2D eigenvalue weighted by molar-refractivity contribution is 7.10. The van der Waals surface area contributed by atoms with E-state index >= 15 is 0 Å². The summed E-state index contributed by atoms with van der Waals surface area (Å²) in [6.07, 6.45) is 5.03. The van der Waals surface area contributed by atoms with Crippen LogP contribution in [0.1, 0.15) is 40.2 Å². The Labute approximate surface area is 144 Å². The molecule has 24 heavy (non-hydrogen) atoms. The van der Waals surface area contributed by atoms with Crippen LogP contribution < -0.4 is 0 Å². The number of fused-ring (bicyclic) bond motifs is 1. The van der Waals surface area contributed by atoms with Crippen molar-refractivity contribution in [2.75, 3.05) is 6.54 Å².